The molecule has 4 rings (SSSR count). The molecule has 33 heavy (non-hydrogen) atoms. The second kappa shape index (κ2) is 10.1. The van der Waals surface area contributed by atoms with Gasteiger partial charge in [0, 0.05) is 18.1 Å². The van der Waals surface area contributed by atoms with E-state index in [1.807, 2.05) is 0 Å². The number of ether oxygens (including phenoxy) is 1. The molecule has 1 aromatic rings. The van der Waals surface area contributed by atoms with Crippen LogP contribution in [0, 0.1) is 22.7 Å². The van der Waals surface area contributed by atoms with Gasteiger partial charge < -0.3 is 15.4 Å². The van der Waals surface area contributed by atoms with Crippen molar-refractivity contribution < 1.29 is 9.53 Å². The Labute approximate surface area is 201 Å². The Hall–Kier alpha value is -1.39. The van der Waals surface area contributed by atoms with Crippen LogP contribution in [0.4, 0.5) is 0 Å². The molecule has 2 bridgehead atoms. The summed E-state index contributed by atoms with van der Waals surface area (Å²) in [6.45, 7) is 12.8. The zero-order valence-corrected chi connectivity index (χ0v) is 21.4. The minimum Gasteiger partial charge on any atom is -0.381 e. The first-order valence-corrected chi connectivity index (χ1v) is 13.4. The fourth-order valence-corrected chi connectivity index (χ4v) is 7.84. The van der Waals surface area contributed by atoms with Gasteiger partial charge in [-0.3, -0.25) is 4.79 Å². The molecule has 2 N–H and O–H groups in total. The lowest BCUT2D eigenvalue weighted by molar-refractivity contribution is -0.139. The summed E-state index contributed by atoms with van der Waals surface area (Å²) in [5, 5.41) is 6.92. The summed E-state index contributed by atoms with van der Waals surface area (Å²) in [4.78, 5) is 13.8. The van der Waals surface area contributed by atoms with Crippen molar-refractivity contribution >= 4 is 5.91 Å². The molecule has 3 fully saturated rings. The average Bonchev–Trinajstić information content (AvgIpc) is 2.78. The summed E-state index contributed by atoms with van der Waals surface area (Å²) in [6, 6.07) is 11.3. The molecule has 2 aliphatic carbocycles. The van der Waals surface area contributed by atoms with E-state index in [4.69, 9.17) is 4.74 Å². The molecular weight excluding hydrogens is 408 g/mol. The topological polar surface area (TPSA) is 50.4 Å². The van der Waals surface area contributed by atoms with Crippen LogP contribution in [0.25, 0.3) is 0 Å². The first kappa shape index (κ1) is 24.7. The lowest BCUT2D eigenvalue weighted by Crippen LogP contribution is -2.55. The van der Waals surface area contributed by atoms with Crippen LogP contribution in [0.5, 0.6) is 0 Å². The third-order valence-corrected chi connectivity index (χ3v) is 8.81. The highest BCUT2D eigenvalue weighted by atomic mass is 16.5. The quantitative estimate of drug-likeness (QED) is 0.548. The van der Waals surface area contributed by atoms with Crippen LogP contribution in [0.3, 0.4) is 0 Å². The summed E-state index contributed by atoms with van der Waals surface area (Å²) >= 11 is 0. The van der Waals surface area contributed by atoms with Crippen molar-refractivity contribution in [1.29, 1.82) is 0 Å². The number of rotatable bonds is 8. The SMILES string of the molecule is CCOC[C@@]1(C)CC2CC(C)(C(=O)NC(C)CC3CCNCC3)CC(c3ccccc3)(C2)C1. The molecule has 184 valence electrons. The Kier molecular flexibility index (Phi) is 7.55. The fraction of sp³-hybridized carbons (Fsp3) is 0.759. The lowest BCUT2D eigenvalue weighted by Gasteiger charge is -2.57. The van der Waals surface area contributed by atoms with E-state index in [1.54, 1.807) is 0 Å². The molecule has 3 aliphatic rings. The number of benzene rings is 1. The molecule has 4 heteroatoms. The first-order chi connectivity index (χ1) is 15.8. The molecule has 5 atom stereocenters. The second-order valence-electron chi connectivity index (χ2n) is 12.3. The zero-order valence-electron chi connectivity index (χ0n) is 21.4. The summed E-state index contributed by atoms with van der Waals surface area (Å²) < 4.78 is 5.96. The highest BCUT2D eigenvalue weighted by Crippen LogP contribution is 2.61. The fourth-order valence-electron chi connectivity index (χ4n) is 7.84. The third kappa shape index (κ3) is 5.65. The molecule has 1 aliphatic heterocycles. The van der Waals surface area contributed by atoms with Crippen LogP contribution in [-0.4, -0.2) is 38.3 Å². The van der Waals surface area contributed by atoms with Gasteiger partial charge in [0.15, 0.2) is 0 Å². The first-order valence-electron chi connectivity index (χ1n) is 13.4. The highest BCUT2D eigenvalue weighted by Gasteiger charge is 2.56. The van der Waals surface area contributed by atoms with Crippen LogP contribution in [0.15, 0.2) is 30.3 Å². The Morgan fingerprint density at radius 1 is 1.12 bits per heavy atom. The summed E-state index contributed by atoms with van der Waals surface area (Å²) in [5.41, 5.74) is 1.33. The van der Waals surface area contributed by atoms with Crippen LogP contribution in [-0.2, 0) is 14.9 Å². The van der Waals surface area contributed by atoms with Crippen molar-refractivity contribution in [2.75, 3.05) is 26.3 Å². The number of piperidine rings is 1. The minimum absolute atomic E-state index is 0.0542. The van der Waals surface area contributed by atoms with E-state index >= 15 is 0 Å². The highest BCUT2D eigenvalue weighted by molar-refractivity contribution is 5.83. The van der Waals surface area contributed by atoms with Crippen molar-refractivity contribution in [3.8, 4) is 0 Å². The Morgan fingerprint density at radius 3 is 2.55 bits per heavy atom. The predicted octanol–water partition coefficient (Wildman–Crippen LogP) is 5.46. The van der Waals surface area contributed by atoms with E-state index in [-0.39, 0.29) is 28.2 Å². The van der Waals surface area contributed by atoms with Crippen LogP contribution in [0.1, 0.15) is 84.6 Å². The number of nitrogens with one attached hydrogen (secondary N) is 2. The van der Waals surface area contributed by atoms with E-state index in [9.17, 15) is 4.79 Å². The van der Waals surface area contributed by atoms with E-state index in [0.29, 0.717) is 5.92 Å². The smallest absolute Gasteiger partial charge is 0.226 e. The average molecular weight is 455 g/mol. The van der Waals surface area contributed by atoms with Gasteiger partial charge in [0.2, 0.25) is 5.91 Å². The number of carbonyl (C=O) groups excluding carboxylic acids is 1. The third-order valence-electron chi connectivity index (χ3n) is 8.81. The Bertz CT molecular complexity index is 792. The normalized spacial score (nSPS) is 35.7. The van der Waals surface area contributed by atoms with E-state index in [2.05, 4.69) is 68.7 Å². The minimum atomic E-state index is -0.311. The van der Waals surface area contributed by atoms with Gasteiger partial charge in [-0.15, -0.1) is 0 Å². The van der Waals surface area contributed by atoms with Crippen molar-refractivity contribution in [3.05, 3.63) is 35.9 Å². The molecule has 0 spiro atoms. The van der Waals surface area contributed by atoms with Gasteiger partial charge in [0.05, 0.1) is 6.61 Å². The van der Waals surface area contributed by atoms with E-state index in [1.165, 1.54) is 24.8 Å². The zero-order chi connectivity index (χ0) is 23.5. The second-order valence-corrected chi connectivity index (χ2v) is 12.3. The molecular formula is C29H46N2O2. The lowest BCUT2D eigenvalue weighted by atomic mass is 9.47. The van der Waals surface area contributed by atoms with Crippen molar-refractivity contribution in [1.82, 2.24) is 10.6 Å². The van der Waals surface area contributed by atoms with Crippen molar-refractivity contribution in [2.24, 2.45) is 22.7 Å². The van der Waals surface area contributed by atoms with Gasteiger partial charge in [-0.1, -0.05) is 44.2 Å². The van der Waals surface area contributed by atoms with Gasteiger partial charge in [-0.25, -0.2) is 0 Å². The van der Waals surface area contributed by atoms with Gasteiger partial charge in [0.1, 0.15) is 0 Å². The van der Waals surface area contributed by atoms with Gasteiger partial charge in [-0.2, -0.15) is 0 Å². The molecule has 2 saturated carbocycles. The maximum atomic E-state index is 13.8. The standard InChI is InChI=1S/C29H46N2O2/c1-5-33-21-27(3)16-24-17-28(4,20-29(18-24,19-27)25-9-7-6-8-10-25)26(32)31-22(2)15-23-11-13-30-14-12-23/h6-10,22-24,30H,5,11-21H2,1-4H3,(H,31,32)/t22?,24?,27-,28?,29?/m0/s1. The number of amides is 1. The summed E-state index contributed by atoms with van der Waals surface area (Å²) in [7, 11) is 0. The number of carbonyl (C=O) groups is 1. The molecule has 1 saturated heterocycles. The summed E-state index contributed by atoms with van der Waals surface area (Å²) in [5.74, 6) is 1.58. The Morgan fingerprint density at radius 2 is 1.85 bits per heavy atom. The number of hydrogen-bond acceptors (Lipinski definition) is 3. The molecule has 1 aromatic carbocycles. The van der Waals surface area contributed by atoms with Gasteiger partial charge in [-0.05, 0) is 107 Å². The van der Waals surface area contributed by atoms with Crippen LogP contribution in [0.2, 0.25) is 0 Å². The van der Waals surface area contributed by atoms with Crippen LogP contribution >= 0.6 is 0 Å². The summed E-state index contributed by atoms with van der Waals surface area (Å²) in [6.07, 6.45) is 8.96. The molecule has 1 amide bonds. The number of fused-ring (bicyclic) bond motifs is 2. The molecule has 4 nitrogen and oxygen atoms in total. The van der Waals surface area contributed by atoms with Crippen molar-refractivity contribution in [3.63, 3.8) is 0 Å². The molecule has 0 aromatic heterocycles. The molecule has 4 unspecified atom stereocenters. The molecule has 1 heterocycles. The number of hydrogen-bond donors (Lipinski definition) is 2. The Balaban J connectivity index is 1.52. The molecule has 0 radical (unpaired) electrons. The van der Waals surface area contributed by atoms with Gasteiger partial charge in [0.25, 0.3) is 0 Å². The van der Waals surface area contributed by atoms with Crippen LogP contribution < -0.4 is 10.6 Å². The predicted molar refractivity (Wildman–Crippen MR) is 135 cm³/mol. The largest absolute Gasteiger partial charge is 0.381 e. The van der Waals surface area contributed by atoms with E-state index < -0.39 is 0 Å². The van der Waals surface area contributed by atoms with Crippen molar-refractivity contribution in [2.45, 2.75) is 90.5 Å². The maximum absolute atomic E-state index is 13.8. The van der Waals surface area contributed by atoms with Gasteiger partial charge >= 0.3 is 0 Å². The van der Waals surface area contributed by atoms with E-state index in [0.717, 1.165) is 64.3 Å². The monoisotopic (exact) mass is 454 g/mol. The maximum Gasteiger partial charge on any atom is 0.226 e.